The number of H-pyrrole nitrogens is 1. The standard InChI is InChI=1S/C15H14N4OS/c1-9-3-5-10(6-4-9)12-8-7-11(13(20)17-12)14-18-19-15(16-2)21-14/h3-8H,1-2H3,(H,16,19)(H,17,20). The van der Waals surface area contributed by atoms with Crippen molar-refractivity contribution in [1.29, 1.82) is 0 Å². The van der Waals surface area contributed by atoms with Crippen molar-refractivity contribution in [2.45, 2.75) is 6.92 Å². The molecule has 0 fully saturated rings. The summed E-state index contributed by atoms with van der Waals surface area (Å²) in [7, 11) is 1.77. The maximum atomic E-state index is 12.2. The summed E-state index contributed by atoms with van der Waals surface area (Å²) in [4.78, 5) is 15.1. The Morgan fingerprint density at radius 1 is 1.10 bits per heavy atom. The highest BCUT2D eigenvalue weighted by molar-refractivity contribution is 7.18. The van der Waals surface area contributed by atoms with Gasteiger partial charge in [0.25, 0.3) is 5.56 Å². The van der Waals surface area contributed by atoms with E-state index in [-0.39, 0.29) is 5.56 Å². The molecule has 3 rings (SSSR count). The van der Waals surface area contributed by atoms with E-state index in [4.69, 9.17) is 0 Å². The number of benzene rings is 1. The van der Waals surface area contributed by atoms with E-state index in [9.17, 15) is 4.79 Å². The minimum Gasteiger partial charge on any atom is -0.363 e. The number of pyridine rings is 1. The van der Waals surface area contributed by atoms with Crippen LogP contribution in [0.1, 0.15) is 5.56 Å². The first-order valence-electron chi connectivity index (χ1n) is 6.49. The van der Waals surface area contributed by atoms with Gasteiger partial charge in [0.15, 0.2) is 5.01 Å². The van der Waals surface area contributed by atoms with Crippen LogP contribution in [0.3, 0.4) is 0 Å². The summed E-state index contributed by atoms with van der Waals surface area (Å²) in [5.41, 5.74) is 3.34. The molecule has 0 atom stereocenters. The first-order valence-corrected chi connectivity index (χ1v) is 7.31. The van der Waals surface area contributed by atoms with E-state index in [0.29, 0.717) is 15.7 Å². The predicted molar refractivity (Wildman–Crippen MR) is 85.7 cm³/mol. The number of hydrogen-bond donors (Lipinski definition) is 2. The third-order valence-electron chi connectivity index (χ3n) is 3.14. The van der Waals surface area contributed by atoms with Crippen molar-refractivity contribution in [2.24, 2.45) is 0 Å². The van der Waals surface area contributed by atoms with Crippen LogP contribution in [0.15, 0.2) is 41.2 Å². The number of nitrogens with zero attached hydrogens (tertiary/aromatic N) is 2. The minimum atomic E-state index is -0.160. The van der Waals surface area contributed by atoms with Crippen LogP contribution in [0.5, 0.6) is 0 Å². The smallest absolute Gasteiger partial charge is 0.258 e. The summed E-state index contributed by atoms with van der Waals surface area (Å²) in [5.74, 6) is 0. The summed E-state index contributed by atoms with van der Waals surface area (Å²) in [6, 6.07) is 11.7. The number of aryl methyl sites for hydroxylation is 1. The Kier molecular flexibility index (Phi) is 3.53. The van der Waals surface area contributed by atoms with Gasteiger partial charge in [-0.3, -0.25) is 4.79 Å². The molecule has 3 aromatic rings. The van der Waals surface area contributed by atoms with Crippen LogP contribution in [0.4, 0.5) is 5.13 Å². The number of nitrogens with one attached hydrogen (secondary N) is 2. The van der Waals surface area contributed by atoms with E-state index < -0.39 is 0 Å². The Hall–Kier alpha value is -2.47. The van der Waals surface area contributed by atoms with E-state index in [1.54, 1.807) is 13.1 Å². The van der Waals surface area contributed by atoms with Crippen LogP contribution in [0.2, 0.25) is 0 Å². The maximum absolute atomic E-state index is 12.2. The molecule has 21 heavy (non-hydrogen) atoms. The maximum Gasteiger partial charge on any atom is 0.258 e. The molecule has 106 valence electrons. The minimum absolute atomic E-state index is 0.160. The van der Waals surface area contributed by atoms with Gasteiger partial charge in [0.2, 0.25) is 5.13 Å². The van der Waals surface area contributed by atoms with Crippen LogP contribution in [-0.2, 0) is 0 Å². The van der Waals surface area contributed by atoms with Crippen LogP contribution < -0.4 is 10.9 Å². The van der Waals surface area contributed by atoms with Gasteiger partial charge in [-0.2, -0.15) is 0 Å². The molecule has 2 aromatic heterocycles. The second-order valence-corrected chi connectivity index (χ2v) is 5.62. The van der Waals surface area contributed by atoms with Crippen LogP contribution in [-0.4, -0.2) is 22.2 Å². The van der Waals surface area contributed by atoms with Gasteiger partial charge in [0.05, 0.1) is 5.56 Å². The third-order valence-corrected chi connectivity index (χ3v) is 4.12. The normalized spacial score (nSPS) is 10.6. The van der Waals surface area contributed by atoms with E-state index in [2.05, 4.69) is 20.5 Å². The van der Waals surface area contributed by atoms with Crippen molar-refractivity contribution < 1.29 is 0 Å². The average Bonchev–Trinajstić information content (AvgIpc) is 2.96. The number of hydrogen-bond acceptors (Lipinski definition) is 5. The first-order chi connectivity index (χ1) is 10.2. The molecule has 0 saturated heterocycles. The molecule has 0 saturated carbocycles. The molecular weight excluding hydrogens is 284 g/mol. The third kappa shape index (κ3) is 2.71. The molecule has 0 radical (unpaired) electrons. The lowest BCUT2D eigenvalue weighted by Gasteiger charge is -2.03. The molecule has 0 bridgehead atoms. The zero-order chi connectivity index (χ0) is 14.8. The lowest BCUT2D eigenvalue weighted by atomic mass is 10.1. The second kappa shape index (κ2) is 5.49. The van der Waals surface area contributed by atoms with Gasteiger partial charge in [0, 0.05) is 12.7 Å². The van der Waals surface area contributed by atoms with Crippen molar-refractivity contribution >= 4 is 16.5 Å². The molecule has 0 amide bonds. The van der Waals surface area contributed by atoms with Crippen LogP contribution in [0, 0.1) is 6.92 Å². The highest BCUT2D eigenvalue weighted by Crippen LogP contribution is 2.24. The molecule has 0 aliphatic rings. The van der Waals surface area contributed by atoms with Gasteiger partial charge in [-0.15, -0.1) is 10.2 Å². The quantitative estimate of drug-likeness (QED) is 0.780. The van der Waals surface area contributed by atoms with Crippen LogP contribution >= 0.6 is 11.3 Å². The lowest BCUT2D eigenvalue weighted by molar-refractivity contribution is 1.09. The monoisotopic (exact) mass is 298 g/mol. The fourth-order valence-electron chi connectivity index (χ4n) is 1.98. The Bertz CT molecular complexity index is 820. The van der Waals surface area contributed by atoms with Crippen LogP contribution in [0.25, 0.3) is 21.8 Å². The fourth-order valence-corrected chi connectivity index (χ4v) is 2.70. The molecule has 6 heteroatoms. The fraction of sp³-hybridized carbons (Fsp3) is 0.133. The average molecular weight is 298 g/mol. The van der Waals surface area contributed by atoms with E-state index in [1.807, 2.05) is 37.3 Å². The van der Waals surface area contributed by atoms with Gasteiger partial charge in [-0.1, -0.05) is 41.2 Å². The summed E-state index contributed by atoms with van der Waals surface area (Å²) in [5, 5.41) is 12.2. The van der Waals surface area contributed by atoms with Crippen molar-refractivity contribution in [3.8, 4) is 21.8 Å². The molecule has 2 heterocycles. The van der Waals surface area contributed by atoms with Gasteiger partial charge >= 0.3 is 0 Å². The van der Waals surface area contributed by atoms with Gasteiger partial charge in [0.1, 0.15) is 0 Å². The predicted octanol–water partition coefficient (Wildman–Crippen LogP) is 2.91. The summed E-state index contributed by atoms with van der Waals surface area (Å²) >= 11 is 1.35. The first kappa shape index (κ1) is 13.5. The Labute approximate surface area is 125 Å². The highest BCUT2D eigenvalue weighted by atomic mass is 32.1. The summed E-state index contributed by atoms with van der Waals surface area (Å²) in [6.45, 7) is 2.03. The van der Waals surface area contributed by atoms with E-state index >= 15 is 0 Å². The largest absolute Gasteiger partial charge is 0.363 e. The van der Waals surface area contributed by atoms with Crippen molar-refractivity contribution in [2.75, 3.05) is 12.4 Å². The molecule has 0 unspecified atom stereocenters. The lowest BCUT2D eigenvalue weighted by Crippen LogP contribution is -2.09. The van der Waals surface area contributed by atoms with E-state index in [0.717, 1.165) is 11.3 Å². The Morgan fingerprint density at radius 2 is 1.86 bits per heavy atom. The van der Waals surface area contributed by atoms with Crippen molar-refractivity contribution in [3.05, 3.63) is 52.3 Å². The molecular formula is C15H14N4OS. The highest BCUT2D eigenvalue weighted by Gasteiger charge is 2.10. The second-order valence-electron chi connectivity index (χ2n) is 4.64. The molecule has 0 aliphatic heterocycles. The van der Waals surface area contributed by atoms with Gasteiger partial charge in [-0.05, 0) is 24.6 Å². The summed E-state index contributed by atoms with van der Waals surface area (Å²) < 4.78 is 0. The van der Waals surface area contributed by atoms with Crippen molar-refractivity contribution in [1.82, 2.24) is 15.2 Å². The molecule has 0 spiro atoms. The number of anilines is 1. The number of rotatable bonds is 3. The molecule has 0 aliphatic carbocycles. The number of aromatic nitrogens is 3. The number of aromatic amines is 1. The van der Waals surface area contributed by atoms with Gasteiger partial charge in [-0.25, -0.2) is 0 Å². The summed E-state index contributed by atoms with van der Waals surface area (Å²) in [6.07, 6.45) is 0. The molecule has 1 aromatic carbocycles. The van der Waals surface area contributed by atoms with Crippen molar-refractivity contribution in [3.63, 3.8) is 0 Å². The molecule has 5 nitrogen and oxygen atoms in total. The topological polar surface area (TPSA) is 70.7 Å². The Balaban J connectivity index is 2.00. The van der Waals surface area contributed by atoms with E-state index in [1.165, 1.54) is 16.9 Å². The van der Waals surface area contributed by atoms with Gasteiger partial charge < -0.3 is 10.3 Å². The zero-order valence-electron chi connectivity index (χ0n) is 11.7. The SMILES string of the molecule is CNc1nnc(-c2ccc(-c3ccc(C)cc3)[nH]c2=O)s1. The molecule has 2 N–H and O–H groups in total. The zero-order valence-corrected chi connectivity index (χ0v) is 12.5. The Morgan fingerprint density at radius 3 is 2.48 bits per heavy atom.